The minimum atomic E-state index is -1.46. The van der Waals surface area contributed by atoms with Crippen molar-refractivity contribution in [3.63, 3.8) is 0 Å². The van der Waals surface area contributed by atoms with E-state index in [0.29, 0.717) is 6.42 Å². The van der Waals surface area contributed by atoms with Gasteiger partial charge in [0.25, 0.3) is 0 Å². The lowest BCUT2D eigenvalue weighted by atomic mass is 9.96. The molecule has 8 heteroatoms. The third kappa shape index (κ3) is 4.09. The molecule has 0 radical (unpaired) electrons. The molecule has 1 fully saturated rings. The molecular weight excluding hydrogens is 376 g/mol. The van der Waals surface area contributed by atoms with E-state index in [4.69, 9.17) is 4.74 Å². The van der Waals surface area contributed by atoms with E-state index >= 15 is 0 Å². The Bertz CT molecular complexity index is 849. The van der Waals surface area contributed by atoms with Crippen molar-refractivity contribution in [2.45, 2.75) is 57.0 Å². The van der Waals surface area contributed by atoms with Gasteiger partial charge in [-0.05, 0) is 25.1 Å². The third-order valence-electron chi connectivity index (χ3n) is 5.65. The number of aliphatic hydroxyl groups is 4. The van der Waals surface area contributed by atoms with Crippen molar-refractivity contribution in [1.82, 2.24) is 9.88 Å². The van der Waals surface area contributed by atoms with Crippen LogP contribution in [-0.4, -0.2) is 74.9 Å². The van der Waals surface area contributed by atoms with Crippen LogP contribution in [0.3, 0.4) is 0 Å². The van der Waals surface area contributed by atoms with Crippen LogP contribution in [0.25, 0.3) is 10.9 Å². The van der Waals surface area contributed by atoms with E-state index in [0.717, 1.165) is 16.5 Å². The Morgan fingerprint density at radius 3 is 2.48 bits per heavy atom. The van der Waals surface area contributed by atoms with Crippen LogP contribution in [0.2, 0.25) is 0 Å². The zero-order valence-electron chi connectivity index (χ0n) is 16.9. The number of ketones is 1. The third-order valence-corrected chi connectivity index (χ3v) is 5.65. The summed E-state index contributed by atoms with van der Waals surface area (Å²) < 4.78 is 7.42. The van der Waals surface area contributed by atoms with Gasteiger partial charge in [0.2, 0.25) is 0 Å². The van der Waals surface area contributed by atoms with Gasteiger partial charge in [0, 0.05) is 17.5 Å². The summed E-state index contributed by atoms with van der Waals surface area (Å²) in [5, 5.41) is 44.2. The first-order valence-corrected chi connectivity index (χ1v) is 9.90. The van der Waals surface area contributed by atoms with Gasteiger partial charge in [0.05, 0.1) is 18.2 Å². The quantitative estimate of drug-likeness (QED) is 0.437. The topological polar surface area (TPSA) is 124 Å². The van der Waals surface area contributed by atoms with Crippen LogP contribution in [0.1, 0.15) is 25.6 Å². The maximum Gasteiger partial charge on any atom is 0.163 e. The van der Waals surface area contributed by atoms with Gasteiger partial charge in [-0.2, -0.15) is 0 Å². The highest BCUT2D eigenvalue weighted by atomic mass is 16.6. The number of nitrogens with zero attached hydrogens (tertiary/aromatic N) is 1. The van der Waals surface area contributed by atoms with Gasteiger partial charge in [-0.25, -0.2) is 0 Å². The predicted molar refractivity (Wildman–Crippen MR) is 107 cm³/mol. The largest absolute Gasteiger partial charge is 0.394 e. The number of para-hydroxylation sites is 1. The summed E-state index contributed by atoms with van der Waals surface area (Å²) in [6, 6.07) is 7.17. The number of ether oxygens (including phenoxy) is 1. The summed E-state index contributed by atoms with van der Waals surface area (Å²) in [6.45, 7) is 3.24. The Hall–Kier alpha value is -1.81. The summed E-state index contributed by atoms with van der Waals surface area (Å²) in [5.41, 5.74) is 1.66. The van der Waals surface area contributed by atoms with E-state index in [-0.39, 0.29) is 17.7 Å². The monoisotopic (exact) mass is 406 g/mol. The Morgan fingerprint density at radius 2 is 1.86 bits per heavy atom. The molecule has 6 atom stereocenters. The lowest BCUT2D eigenvalue weighted by Crippen LogP contribution is -2.56. The molecule has 160 valence electrons. The standard InChI is InChI=1S/C21H30N2O6/c1-11(2)17(25)14(22-3)8-12-9-23(15-7-5-4-6-13(12)15)21-20(28)19(27)18(26)16(10-24)29-21/h4-7,9,11,14,16,18-22,24,26-28H,8,10H2,1-3H3. The summed E-state index contributed by atoms with van der Waals surface area (Å²) in [6.07, 6.45) is -3.97. The minimum absolute atomic E-state index is 0.105. The number of aliphatic hydroxyl groups excluding tert-OH is 4. The molecule has 2 aromatic rings. The average Bonchev–Trinajstić information content (AvgIpc) is 3.08. The molecule has 0 aliphatic carbocycles. The SMILES string of the molecule is CNC(Cc1cn(C2OC(CO)C(O)C(O)C2O)c2ccccc12)C(=O)C(C)C. The number of benzene rings is 1. The van der Waals surface area contributed by atoms with Crippen molar-refractivity contribution in [3.8, 4) is 0 Å². The Labute approximate surface area is 169 Å². The van der Waals surface area contributed by atoms with Crippen LogP contribution in [-0.2, 0) is 16.0 Å². The molecule has 5 N–H and O–H groups in total. The van der Waals surface area contributed by atoms with Gasteiger partial charge in [-0.1, -0.05) is 32.0 Å². The number of hydrogen-bond donors (Lipinski definition) is 5. The molecule has 2 heterocycles. The van der Waals surface area contributed by atoms with Crippen LogP contribution in [0.4, 0.5) is 0 Å². The van der Waals surface area contributed by atoms with Gasteiger partial charge in [0.1, 0.15) is 24.4 Å². The number of Topliss-reactive ketones (excluding diaryl/α,β-unsaturated/α-hetero) is 1. The molecule has 0 bridgehead atoms. The van der Waals surface area contributed by atoms with E-state index in [2.05, 4.69) is 5.32 Å². The number of carbonyl (C=O) groups is 1. The highest BCUT2D eigenvalue weighted by Gasteiger charge is 2.44. The van der Waals surface area contributed by atoms with Crippen molar-refractivity contribution in [2.75, 3.05) is 13.7 Å². The second kappa shape index (κ2) is 8.91. The van der Waals surface area contributed by atoms with Gasteiger partial charge < -0.3 is 35.0 Å². The highest BCUT2D eigenvalue weighted by Crippen LogP contribution is 2.33. The van der Waals surface area contributed by atoms with Gasteiger partial charge >= 0.3 is 0 Å². The fourth-order valence-corrected chi connectivity index (χ4v) is 3.93. The van der Waals surface area contributed by atoms with Crippen LogP contribution in [0.5, 0.6) is 0 Å². The molecule has 29 heavy (non-hydrogen) atoms. The van der Waals surface area contributed by atoms with Gasteiger partial charge in [-0.3, -0.25) is 4.79 Å². The first kappa shape index (κ1) is 21.9. The summed E-state index contributed by atoms with van der Waals surface area (Å²) in [5.74, 6) is 0.00317. The molecule has 6 unspecified atom stereocenters. The lowest BCUT2D eigenvalue weighted by molar-refractivity contribution is -0.250. The van der Waals surface area contributed by atoms with Crippen molar-refractivity contribution >= 4 is 16.7 Å². The maximum absolute atomic E-state index is 12.5. The molecule has 0 saturated carbocycles. The highest BCUT2D eigenvalue weighted by molar-refractivity contribution is 5.88. The van der Waals surface area contributed by atoms with E-state index in [1.165, 1.54) is 0 Å². The number of hydrogen-bond acceptors (Lipinski definition) is 7. The second-order valence-electron chi connectivity index (χ2n) is 7.90. The zero-order valence-corrected chi connectivity index (χ0v) is 16.9. The van der Waals surface area contributed by atoms with Gasteiger partial charge in [0.15, 0.2) is 12.0 Å². The Morgan fingerprint density at radius 1 is 1.17 bits per heavy atom. The van der Waals surface area contributed by atoms with E-state index in [1.54, 1.807) is 17.8 Å². The minimum Gasteiger partial charge on any atom is -0.394 e. The zero-order chi connectivity index (χ0) is 21.3. The van der Waals surface area contributed by atoms with Crippen LogP contribution in [0.15, 0.2) is 30.5 Å². The number of nitrogens with one attached hydrogen (secondary N) is 1. The first-order chi connectivity index (χ1) is 13.8. The number of rotatable bonds is 7. The Kier molecular flexibility index (Phi) is 6.72. The average molecular weight is 406 g/mol. The van der Waals surface area contributed by atoms with E-state index < -0.39 is 37.3 Å². The van der Waals surface area contributed by atoms with Crippen LogP contribution >= 0.6 is 0 Å². The molecule has 3 rings (SSSR count). The van der Waals surface area contributed by atoms with Gasteiger partial charge in [-0.15, -0.1) is 0 Å². The number of aromatic nitrogens is 1. The maximum atomic E-state index is 12.5. The summed E-state index contributed by atoms with van der Waals surface area (Å²) >= 11 is 0. The molecule has 1 aromatic carbocycles. The number of fused-ring (bicyclic) bond motifs is 1. The molecule has 1 aliphatic heterocycles. The van der Waals surface area contributed by atoms with E-state index in [1.807, 2.05) is 38.1 Å². The number of likely N-dealkylation sites (N-methyl/N-ethyl adjacent to an activating group) is 1. The van der Waals surface area contributed by atoms with Crippen molar-refractivity contribution < 1.29 is 30.0 Å². The number of carbonyl (C=O) groups excluding carboxylic acids is 1. The van der Waals surface area contributed by atoms with Crippen molar-refractivity contribution in [2.24, 2.45) is 5.92 Å². The van der Waals surface area contributed by atoms with Crippen molar-refractivity contribution in [3.05, 3.63) is 36.0 Å². The molecule has 0 amide bonds. The first-order valence-electron chi connectivity index (χ1n) is 9.90. The van der Waals surface area contributed by atoms with Crippen LogP contribution in [0, 0.1) is 5.92 Å². The fourth-order valence-electron chi connectivity index (χ4n) is 3.93. The summed E-state index contributed by atoms with van der Waals surface area (Å²) in [7, 11) is 1.75. The molecular formula is C21H30N2O6. The van der Waals surface area contributed by atoms with Crippen LogP contribution < -0.4 is 5.32 Å². The smallest absolute Gasteiger partial charge is 0.163 e. The Balaban J connectivity index is 2.01. The fraction of sp³-hybridized carbons (Fsp3) is 0.571. The predicted octanol–water partition coefficient (Wildman–Crippen LogP) is -0.0307. The second-order valence-corrected chi connectivity index (χ2v) is 7.90. The van der Waals surface area contributed by atoms with E-state index in [9.17, 15) is 25.2 Å². The summed E-state index contributed by atoms with van der Waals surface area (Å²) in [4.78, 5) is 12.5. The molecule has 1 aliphatic rings. The molecule has 1 saturated heterocycles. The molecule has 1 aromatic heterocycles. The normalized spacial score (nSPS) is 28.8. The molecule has 0 spiro atoms. The lowest BCUT2D eigenvalue weighted by Gasteiger charge is -2.40. The van der Waals surface area contributed by atoms with Crippen molar-refractivity contribution in [1.29, 1.82) is 0 Å². The molecule has 8 nitrogen and oxygen atoms in total.